The van der Waals surface area contributed by atoms with E-state index in [2.05, 4.69) is 37.4 Å². The zero-order valence-corrected chi connectivity index (χ0v) is 27.0. The van der Waals surface area contributed by atoms with Crippen molar-refractivity contribution in [3.63, 3.8) is 0 Å². The Bertz CT molecular complexity index is 1780. The summed E-state index contributed by atoms with van der Waals surface area (Å²) in [6.45, 7) is 5.73. The highest BCUT2D eigenvalue weighted by molar-refractivity contribution is 6.16. The predicted octanol–water partition coefficient (Wildman–Crippen LogP) is 5.92. The van der Waals surface area contributed by atoms with Gasteiger partial charge in [0.15, 0.2) is 23.1 Å². The second kappa shape index (κ2) is 14.5. The third kappa shape index (κ3) is 7.32. The summed E-state index contributed by atoms with van der Waals surface area (Å²) in [5.41, 5.74) is 0.177. The largest absolute Gasteiger partial charge is 0.493 e. The second-order valence-electron chi connectivity index (χ2n) is 12.2. The van der Waals surface area contributed by atoms with Crippen molar-refractivity contribution in [3.8, 4) is 23.1 Å². The Balaban J connectivity index is 1.10. The standard InChI is InChI=1S/C35H39F2N7O4/c1-43-14-16-44(17-15-43)13-4-18-47-31-21-28-26(20-30(31)46-2)32(40-22-39-28)48-29-10-9-25(19-27(29)37)41-33(38)35(11-3-12-35)34(45)42-24-7-5-23(36)6-8-24/h5-10,19-22H,3-4,11-18H2,1-2H3,(H2,38,41)(H,42,45). The number of nitrogens with one attached hydrogen (secondary N) is 3. The monoisotopic (exact) mass is 659 g/mol. The Kier molecular flexibility index (Phi) is 9.97. The first-order chi connectivity index (χ1) is 23.2. The molecule has 0 atom stereocenters. The van der Waals surface area contributed by atoms with Crippen LogP contribution in [-0.2, 0) is 4.79 Å². The highest BCUT2D eigenvalue weighted by Crippen LogP contribution is 2.43. The number of likely N-dealkylation sites (N-methyl/N-ethyl adjacent to an activating group) is 1. The number of amides is 1. The first kappa shape index (κ1) is 33.0. The number of piperazine rings is 1. The molecule has 1 amide bonds. The van der Waals surface area contributed by atoms with E-state index >= 15 is 4.39 Å². The molecule has 2 fully saturated rings. The van der Waals surface area contributed by atoms with Gasteiger partial charge in [0.25, 0.3) is 0 Å². The zero-order valence-electron chi connectivity index (χ0n) is 27.0. The van der Waals surface area contributed by atoms with E-state index in [9.17, 15) is 9.18 Å². The number of rotatable bonds is 12. The predicted molar refractivity (Wildman–Crippen MR) is 179 cm³/mol. The van der Waals surface area contributed by atoms with Crippen molar-refractivity contribution in [2.45, 2.75) is 25.7 Å². The van der Waals surface area contributed by atoms with Gasteiger partial charge in [-0.25, -0.2) is 18.7 Å². The molecule has 0 spiro atoms. The fourth-order valence-electron chi connectivity index (χ4n) is 5.87. The van der Waals surface area contributed by atoms with Crippen molar-refractivity contribution in [1.29, 1.82) is 5.41 Å². The molecular weight excluding hydrogens is 620 g/mol. The van der Waals surface area contributed by atoms with Crippen LogP contribution < -0.4 is 24.8 Å². The smallest absolute Gasteiger partial charge is 0.238 e. The van der Waals surface area contributed by atoms with Crippen molar-refractivity contribution in [1.82, 2.24) is 19.8 Å². The number of fused-ring (bicyclic) bond motifs is 1. The van der Waals surface area contributed by atoms with Crippen molar-refractivity contribution in [2.24, 2.45) is 5.41 Å². The van der Waals surface area contributed by atoms with Crippen LogP contribution in [0.2, 0.25) is 0 Å². The molecule has 2 heterocycles. The molecule has 2 aliphatic rings. The molecular formula is C35H39F2N7O4. The van der Waals surface area contributed by atoms with Crippen LogP contribution in [0.4, 0.5) is 20.2 Å². The van der Waals surface area contributed by atoms with Crippen molar-refractivity contribution >= 4 is 34.0 Å². The quantitative estimate of drug-likeness (QED) is 0.0966. The normalized spacial score (nSPS) is 16.2. The van der Waals surface area contributed by atoms with Gasteiger partial charge in [0.05, 0.1) is 24.6 Å². The summed E-state index contributed by atoms with van der Waals surface area (Å²) < 4.78 is 46.2. The van der Waals surface area contributed by atoms with Crippen LogP contribution in [0.3, 0.4) is 0 Å². The molecule has 11 nitrogen and oxygen atoms in total. The molecule has 4 aromatic rings. The van der Waals surface area contributed by atoms with Crippen LogP contribution in [0.5, 0.6) is 23.1 Å². The molecule has 6 rings (SSSR count). The summed E-state index contributed by atoms with van der Waals surface area (Å²) in [4.78, 5) is 26.5. The van der Waals surface area contributed by atoms with Gasteiger partial charge in [-0.05, 0) is 68.8 Å². The number of amidine groups is 1. The van der Waals surface area contributed by atoms with Gasteiger partial charge in [0.2, 0.25) is 11.8 Å². The van der Waals surface area contributed by atoms with Gasteiger partial charge in [-0.2, -0.15) is 0 Å². The number of anilines is 2. The van der Waals surface area contributed by atoms with Crippen molar-refractivity contribution < 1.29 is 27.8 Å². The number of hydrogen-bond acceptors (Lipinski definition) is 9. The van der Waals surface area contributed by atoms with Crippen LogP contribution in [0, 0.1) is 22.5 Å². The maximum atomic E-state index is 15.4. The molecule has 1 aromatic heterocycles. The number of methoxy groups -OCH3 is 1. The van der Waals surface area contributed by atoms with E-state index in [0.29, 0.717) is 47.5 Å². The van der Waals surface area contributed by atoms with Crippen LogP contribution in [0.1, 0.15) is 25.7 Å². The van der Waals surface area contributed by atoms with Crippen molar-refractivity contribution in [2.75, 3.05) is 64.1 Å². The van der Waals surface area contributed by atoms with Gasteiger partial charge >= 0.3 is 0 Å². The Morgan fingerprint density at radius 2 is 1.69 bits per heavy atom. The average Bonchev–Trinajstić information content (AvgIpc) is 3.05. The minimum absolute atomic E-state index is 0.0485. The maximum Gasteiger partial charge on any atom is 0.238 e. The Morgan fingerprint density at radius 3 is 2.38 bits per heavy atom. The maximum absolute atomic E-state index is 15.4. The highest BCUT2D eigenvalue weighted by Gasteiger charge is 2.48. The molecule has 1 saturated carbocycles. The molecule has 3 N–H and O–H groups in total. The van der Waals surface area contributed by atoms with Crippen LogP contribution in [-0.4, -0.2) is 85.0 Å². The molecule has 3 aromatic carbocycles. The molecule has 0 unspecified atom stereocenters. The SMILES string of the molecule is COc1cc2c(Oc3ccc(NC(=N)C4(C(=O)Nc5ccc(F)cc5)CCC4)cc3F)ncnc2cc1OCCCN1CCN(C)CC1. The average molecular weight is 660 g/mol. The summed E-state index contributed by atoms with van der Waals surface area (Å²) >= 11 is 0. The Labute approximate surface area is 277 Å². The van der Waals surface area contributed by atoms with Gasteiger partial charge in [0, 0.05) is 56.2 Å². The lowest BCUT2D eigenvalue weighted by molar-refractivity contribution is -0.125. The van der Waals surface area contributed by atoms with Gasteiger partial charge in [-0.1, -0.05) is 6.42 Å². The summed E-state index contributed by atoms with van der Waals surface area (Å²) in [5, 5.41) is 14.9. The van der Waals surface area contributed by atoms with Crippen LogP contribution in [0.25, 0.3) is 10.9 Å². The molecule has 48 heavy (non-hydrogen) atoms. The molecule has 1 aliphatic heterocycles. The Hall–Kier alpha value is -4.88. The van der Waals surface area contributed by atoms with E-state index in [1.54, 1.807) is 25.3 Å². The molecule has 0 radical (unpaired) electrons. The van der Waals surface area contributed by atoms with Gasteiger partial charge in [-0.15, -0.1) is 0 Å². The fourth-order valence-corrected chi connectivity index (χ4v) is 5.87. The Morgan fingerprint density at radius 1 is 0.938 bits per heavy atom. The minimum atomic E-state index is -1.09. The van der Waals surface area contributed by atoms with E-state index in [-0.39, 0.29) is 29.1 Å². The number of carbonyl (C=O) groups is 1. The zero-order chi connectivity index (χ0) is 33.7. The number of carbonyl (C=O) groups excluding carboxylic acids is 1. The lowest BCUT2D eigenvalue weighted by Crippen LogP contribution is -2.50. The lowest BCUT2D eigenvalue weighted by atomic mass is 9.67. The van der Waals surface area contributed by atoms with E-state index in [1.165, 1.54) is 42.7 Å². The number of nitrogens with zero attached hydrogens (tertiary/aromatic N) is 4. The van der Waals surface area contributed by atoms with Crippen LogP contribution in [0.15, 0.2) is 60.9 Å². The number of benzene rings is 3. The van der Waals surface area contributed by atoms with E-state index < -0.39 is 17.0 Å². The topological polar surface area (TPSA) is 125 Å². The minimum Gasteiger partial charge on any atom is -0.493 e. The van der Waals surface area contributed by atoms with E-state index in [4.69, 9.17) is 19.6 Å². The van der Waals surface area contributed by atoms with E-state index in [1.807, 2.05) is 0 Å². The molecule has 13 heteroatoms. The van der Waals surface area contributed by atoms with Gasteiger partial charge in [0.1, 0.15) is 23.4 Å². The summed E-state index contributed by atoms with van der Waals surface area (Å²) in [6, 6.07) is 13.1. The molecule has 1 saturated heterocycles. The number of hydrogen-bond donors (Lipinski definition) is 3. The first-order valence-corrected chi connectivity index (χ1v) is 16.0. The third-order valence-corrected chi connectivity index (χ3v) is 8.99. The first-order valence-electron chi connectivity index (χ1n) is 16.0. The van der Waals surface area contributed by atoms with E-state index in [0.717, 1.165) is 45.6 Å². The number of ether oxygens (including phenoxy) is 3. The molecule has 1 aliphatic carbocycles. The molecule has 0 bridgehead atoms. The highest BCUT2D eigenvalue weighted by atomic mass is 19.1. The van der Waals surface area contributed by atoms with Crippen LogP contribution >= 0.6 is 0 Å². The number of halogens is 2. The third-order valence-electron chi connectivity index (χ3n) is 8.99. The van der Waals surface area contributed by atoms with Gasteiger partial charge < -0.3 is 34.6 Å². The molecule has 252 valence electrons. The van der Waals surface area contributed by atoms with Crippen molar-refractivity contribution in [3.05, 3.63) is 72.6 Å². The van der Waals surface area contributed by atoms with Gasteiger partial charge in [-0.3, -0.25) is 10.2 Å². The summed E-state index contributed by atoms with van der Waals surface area (Å²) in [6.07, 6.45) is 3.90. The number of aromatic nitrogens is 2. The summed E-state index contributed by atoms with van der Waals surface area (Å²) in [5.74, 6) is -0.437. The second-order valence-corrected chi connectivity index (χ2v) is 12.2. The lowest BCUT2D eigenvalue weighted by Gasteiger charge is -2.40. The summed E-state index contributed by atoms with van der Waals surface area (Å²) in [7, 11) is 3.69. The fraction of sp³-hybridized carbons (Fsp3) is 0.371.